The number of nitrogens with zero attached hydrogens (tertiary/aromatic N) is 2. The first-order valence-electron chi connectivity index (χ1n) is 8.27. The molecule has 1 aromatic heterocycles. The minimum absolute atomic E-state index is 0.0600. The second kappa shape index (κ2) is 7.74. The van der Waals surface area contributed by atoms with Gasteiger partial charge >= 0.3 is 5.97 Å². The van der Waals surface area contributed by atoms with Crippen LogP contribution in [0.5, 0.6) is 0 Å². The van der Waals surface area contributed by atoms with Gasteiger partial charge in [-0.1, -0.05) is 0 Å². The molecule has 0 bridgehead atoms. The molecule has 3 aromatic rings. The van der Waals surface area contributed by atoms with E-state index in [0.717, 1.165) is 0 Å². The van der Waals surface area contributed by atoms with Crippen molar-refractivity contribution < 1.29 is 19.1 Å². The molecule has 0 fully saturated rings. The summed E-state index contributed by atoms with van der Waals surface area (Å²) in [5.74, 6) is -1.16. The molecule has 3 rings (SSSR count). The van der Waals surface area contributed by atoms with Crippen LogP contribution < -0.4 is 5.32 Å². The van der Waals surface area contributed by atoms with Crippen molar-refractivity contribution in [1.29, 1.82) is 0 Å². The molecular weight excluding hydrogens is 346 g/mol. The lowest BCUT2D eigenvalue weighted by atomic mass is 10.1. The third kappa shape index (κ3) is 4.33. The van der Waals surface area contributed by atoms with Crippen molar-refractivity contribution in [2.24, 2.45) is 0 Å². The molecule has 1 heterocycles. The number of ketones is 1. The van der Waals surface area contributed by atoms with Gasteiger partial charge in [0, 0.05) is 23.6 Å². The summed E-state index contributed by atoms with van der Waals surface area (Å²) < 4.78 is 5.23. The number of Topliss-reactive ketones (excluding diaryl/α,β-unsaturated/α-hetero) is 1. The molecule has 27 heavy (non-hydrogen) atoms. The van der Waals surface area contributed by atoms with E-state index in [9.17, 15) is 14.4 Å². The summed E-state index contributed by atoms with van der Waals surface area (Å²) in [5, 5.41) is 2.64. The van der Waals surface area contributed by atoms with E-state index in [0.29, 0.717) is 22.3 Å². The van der Waals surface area contributed by atoms with E-state index < -0.39 is 18.0 Å². The molecule has 0 aliphatic heterocycles. The van der Waals surface area contributed by atoms with Crippen molar-refractivity contribution >= 4 is 34.4 Å². The maximum atomic E-state index is 12.3. The van der Waals surface area contributed by atoms with Gasteiger partial charge < -0.3 is 10.1 Å². The van der Waals surface area contributed by atoms with Crippen molar-refractivity contribution in [2.45, 2.75) is 20.0 Å². The molecule has 1 N–H and O–H groups in total. The lowest BCUT2D eigenvalue weighted by Gasteiger charge is -2.14. The quantitative estimate of drug-likeness (QED) is 0.553. The number of nitrogens with one attached hydrogen (secondary N) is 1. The lowest BCUT2D eigenvalue weighted by molar-refractivity contribution is -0.123. The number of rotatable bonds is 5. The van der Waals surface area contributed by atoms with Gasteiger partial charge in [0.15, 0.2) is 11.9 Å². The van der Waals surface area contributed by atoms with Crippen molar-refractivity contribution in [2.75, 3.05) is 5.32 Å². The Morgan fingerprint density at radius 1 is 0.926 bits per heavy atom. The fourth-order valence-corrected chi connectivity index (χ4v) is 2.40. The maximum Gasteiger partial charge on any atom is 0.338 e. The molecule has 0 unspecified atom stereocenters. The Balaban J connectivity index is 1.64. The zero-order valence-electron chi connectivity index (χ0n) is 14.8. The first-order valence-corrected chi connectivity index (χ1v) is 8.27. The molecule has 0 aliphatic carbocycles. The van der Waals surface area contributed by atoms with Gasteiger partial charge in [0.25, 0.3) is 5.91 Å². The minimum atomic E-state index is -0.998. The van der Waals surface area contributed by atoms with Gasteiger partial charge in [-0.3, -0.25) is 19.6 Å². The second-order valence-electron chi connectivity index (χ2n) is 5.93. The van der Waals surface area contributed by atoms with Crippen LogP contribution in [0.15, 0.2) is 54.9 Å². The van der Waals surface area contributed by atoms with Gasteiger partial charge in [0.05, 0.1) is 16.6 Å². The van der Waals surface area contributed by atoms with E-state index in [-0.39, 0.29) is 11.3 Å². The number of anilines is 1. The van der Waals surface area contributed by atoms with Crippen molar-refractivity contribution in [3.05, 3.63) is 66.0 Å². The molecule has 0 aliphatic rings. The number of carbonyl (C=O) groups excluding carboxylic acids is 3. The molecule has 1 atom stereocenters. The van der Waals surface area contributed by atoms with Gasteiger partial charge in [-0.05, 0) is 56.3 Å². The predicted octanol–water partition coefficient (Wildman–Crippen LogP) is 3.02. The highest BCUT2D eigenvalue weighted by atomic mass is 16.5. The predicted molar refractivity (Wildman–Crippen MR) is 99.5 cm³/mol. The number of aromatic nitrogens is 2. The normalized spacial score (nSPS) is 11.6. The third-order valence-electron chi connectivity index (χ3n) is 3.92. The Labute approximate surface area is 155 Å². The van der Waals surface area contributed by atoms with Crippen LogP contribution in [0, 0.1) is 0 Å². The van der Waals surface area contributed by atoms with E-state index in [1.807, 2.05) is 0 Å². The Kier molecular flexibility index (Phi) is 5.21. The molecule has 2 aromatic carbocycles. The fraction of sp³-hybridized carbons (Fsp3) is 0.150. The minimum Gasteiger partial charge on any atom is -0.449 e. The average molecular weight is 363 g/mol. The van der Waals surface area contributed by atoms with Crippen molar-refractivity contribution in [3.8, 4) is 0 Å². The summed E-state index contributed by atoms with van der Waals surface area (Å²) in [6, 6.07) is 11.3. The number of benzene rings is 2. The number of esters is 1. The van der Waals surface area contributed by atoms with Crippen molar-refractivity contribution in [1.82, 2.24) is 9.97 Å². The monoisotopic (exact) mass is 363 g/mol. The van der Waals surface area contributed by atoms with Crippen LogP contribution >= 0.6 is 0 Å². The van der Waals surface area contributed by atoms with E-state index in [1.54, 1.807) is 48.7 Å². The summed E-state index contributed by atoms with van der Waals surface area (Å²) in [5.41, 5.74) is 2.57. The van der Waals surface area contributed by atoms with Crippen molar-refractivity contribution in [3.63, 3.8) is 0 Å². The van der Waals surface area contributed by atoms with Gasteiger partial charge in [-0.2, -0.15) is 0 Å². The summed E-state index contributed by atoms with van der Waals surface area (Å²) >= 11 is 0. The summed E-state index contributed by atoms with van der Waals surface area (Å²) in [4.78, 5) is 44.1. The van der Waals surface area contributed by atoms with Crippen LogP contribution in [-0.4, -0.2) is 33.7 Å². The number of hydrogen-bond donors (Lipinski definition) is 1. The van der Waals surface area contributed by atoms with E-state index in [1.165, 1.54) is 20.0 Å². The zero-order valence-corrected chi connectivity index (χ0v) is 14.8. The third-order valence-corrected chi connectivity index (χ3v) is 3.92. The van der Waals surface area contributed by atoms with Crippen LogP contribution in [0.4, 0.5) is 5.69 Å². The smallest absolute Gasteiger partial charge is 0.338 e. The highest BCUT2D eigenvalue weighted by Gasteiger charge is 2.19. The Morgan fingerprint density at radius 2 is 1.56 bits per heavy atom. The first kappa shape index (κ1) is 18.2. The van der Waals surface area contributed by atoms with Gasteiger partial charge in [0.2, 0.25) is 0 Å². The molecule has 136 valence electrons. The molecular formula is C20H17N3O4. The Morgan fingerprint density at radius 3 is 2.22 bits per heavy atom. The van der Waals surface area contributed by atoms with Gasteiger partial charge in [-0.25, -0.2) is 4.79 Å². The average Bonchev–Trinajstić information content (AvgIpc) is 2.67. The topological polar surface area (TPSA) is 98.2 Å². The molecule has 0 radical (unpaired) electrons. The van der Waals surface area contributed by atoms with E-state index in [2.05, 4.69) is 15.3 Å². The van der Waals surface area contributed by atoms with Crippen LogP contribution in [0.25, 0.3) is 11.0 Å². The summed E-state index contributed by atoms with van der Waals surface area (Å²) in [7, 11) is 0. The standard InChI is InChI=1S/C20H17N3O4/c1-12(24)14-3-6-16(7-4-14)23-19(25)13(2)27-20(26)15-5-8-17-18(11-15)22-10-9-21-17/h3-11,13H,1-2H3,(H,23,25)/t13-/m1/s1. The maximum absolute atomic E-state index is 12.3. The summed E-state index contributed by atoms with van der Waals surface area (Å²) in [6.45, 7) is 2.95. The van der Waals surface area contributed by atoms with Crippen LogP contribution in [0.3, 0.4) is 0 Å². The van der Waals surface area contributed by atoms with E-state index >= 15 is 0 Å². The fourth-order valence-electron chi connectivity index (χ4n) is 2.40. The Bertz CT molecular complexity index is 1020. The highest BCUT2D eigenvalue weighted by molar-refractivity contribution is 5.99. The largest absolute Gasteiger partial charge is 0.449 e. The summed E-state index contributed by atoms with van der Waals surface area (Å²) in [6.07, 6.45) is 2.10. The number of hydrogen-bond acceptors (Lipinski definition) is 6. The number of fused-ring (bicyclic) bond motifs is 1. The van der Waals surface area contributed by atoms with E-state index in [4.69, 9.17) is 4.74 Å². The molecule has 0 saturated carbocycles. The highest BCUT2D eigenvalue weighted by Crippen LogP contribution is 2.14. The first-order chi connectivity index (χ1) is 12.9. The second-order valence-corrected chi connectivity index (χ2v) is 5.93. The molecule has 1 amide bonds. The molecule has 0 spiro atoms. The molecule has 0 saturated heterocycles. The van der Waals surface area contributed by atoms with Gasteiger partial charge in [-0.15, -0.1) is 0 Å². The number of ether oxygens (including phenoxy) is 1. The van der Waals surface area contributed by atoms with Crippen LogP contribution in [0.2, 0.25) is 0 Å². The van der Waals surface area contributed by atoms with Crippen LogP contribution in [-0.2, 0) is 9.53 Å². The zero-order chi connectivity index (χ0) is 19.4. The Hall–Kier alpha value is -3.61. The molecule has 7 heteroatoms. The molecule has 7 nitrogen and oxygen atoms in total. The van der Waals surface area contributed by atoms with Crippen LogP contribution in [0.1, 0.15) is 34.6 Å². The lowest BCUT2D eigenvalue weighted by Crippen LogP contribution is -2.30. The number of carbonyl (C=O) groups is 3. The SMILES string of the molecule is CC(=O)c1ccc(NC(=O)[C@@H](C)OC(=O)c2ccc3nccnc3c2)cc1. The number of amides is 1. The van der Waals surface area contributed by atoms with Gasteiger partial charge in [0.1, 0.15) is 0 Å².